The van der Waals surface area contributed by atoms with Crippen molar-refractivity contribution in [3.05, 3.63) is 60.0 Å². The molecule has 0 amide bonds. The number of rotatable bonds is 3. The zero-order chi connectivity index (χ0) is 17.2. The minimum absolute atomic E-state index is 0.310. The van der Waals surface area contributed by atoms with Crippen molar-refractivity contribution in [3.8, 4) is 11.5 Å². The lowest BCUT2D eigenvalue weighted by Gasteiger charge is -2.29. The summed E-state index contributed by atoms with van der Waals surface area (Å²) in [4.78, 5) is 6.85. The molecule has 0 saturated carbocycles. The number of aryl methyl sites for hydroxylation is 1. The second kappa shape index (κ2) is 6.69. The van der Waals surface area contributed by atoms with Crippen LogP contribution in [0.2, 0.25) is 0 Å². The normalized spacial score (nSPS) is 14.7. The Kier molecular flexibility index (Phi) is 4.24. The van der Waals surface area contributed by atoms with Gasteiger partial charge in [-0.25, -0.2) is 4.39 Å². The second-order valence-corrected chi connectivity index (χ2v) is 6.27. The summed E-state index contributed by atoms with van der Waals surface area (Å²) < 4.78 is 19.5. The van der Waals surface area contributed by atoms with Crippen molar-refractivity contribution in [3.63, 3.8) is 0 Å². The van der Waals surface area contributed by atoms with E-state index >= 15 is 0 Å². The maximum atomic E-state index is 13.5. The van der Waals surface area contributed by atoms with Gasteiger partial charge in [0, 0.05) is 55.1 Å². The van der Waals surface area contributed by atoms with Gasteiger partial charge in [-0.05, 0) is 37.3 Å². The van der Waals surface area contributed by atoms with Crippen molar-refractivity contribution < 1.29 is 9.13 Å². The molecular formula is C20H20FN3O. The van der Waals surface area contributed by atoms with E-state index in [1.54, 1.807) is 18.3 Å². The van der Waals surface area contributed by atoms with E-state index in [0.29, 0.717) is 5.75 Å². The molecule has 2 aromatic carbocycles. The monoisotopic (exact) mass is 337 g/mol. The third kappa shape index (κ3) is 3.28. The summed E-state index contributed by atoms with van der Waals surface area (Å²) in [7, 11) is 0. The van der Waals surface area contributed by atoms with Crippen molar-refractivity contribution in [1.82, 2.24) is 10.3 Å². The molecule has 4 nitrogen and oxygen atoms in total. The fourth-order valence-corrected chi connectivity index (χ4v) is 3.16. The molecule has 1 aliphatic heterocycles. The topological polar surface area (TPSA) is 37.4 Å². The van der Waals surface area contributed by atoms with Crippen LogP contribution in [0, 0.1) is 12.7 Å². The predicted octanol–water partition coefficient (Wildman–Crippen LogP) is 3.88. The number of aromatic nitrogens is 1. The lowest BCUT2D eigenvalue weighted by molar-refractivity contribution is 0.478. The molecule has 1 aliphatic rings. The van der Waals surface area contributed by atoms with Gasteiger partial charge in [-0.15, -0.1) is 0 Å². The van der Waals surface area contributed by atoms with Crippen LogP contribution in [-0.4, -0.2) is 31.2 Å². The molecule has 3 aromatic rings. The van der Waals surface area contributed by atoms with Gasteiger partial charge in [0.2, 0.25) is 0 Å². The molecule has 0 aliphatic carbocycles. The minimum atomic E-state index is -0.310. The summed E-state index contributed by atoms with van der Waals surface area (Å²) in [5.41, 5.74) is 2.95. The molecule has 1 N–H and O–H groups in total. The third-order valence-electron chi connectivity index (χ3n) is 4.48. The Balaban J connectivity index is 1.77. The molecule has 1 saturated heterocycles. The van der Waals surface area contributed by atoms with E-state index in [4.69, 9.17) is 4.74 Å². The zero-order valence-electron chi connectivity index (χ0n) is 14.1. The average molecular weight is 337 g/mol. The molecule has 4 rings (SSSR count). The van der Waals surface area contributed by atoms with Crippen molar-refractivity contribution >= 4 is 16.6 Å². The third-order valence-corrected chi connectivity index (χ3v) is 4.48. The first-order chi connectivity index (χ1) is 12.2. The number of anilines is 1. The summed E-state index contributed by atoms with van der Waals surface area (Å²) in [5, 5.41) is 4.31. The van der Waals surface area contributed by atoms with Crippen molar-refractivity contribution in [2.45, 2.75) is 6.92 Å². The van der Waals surface area contributed by atoms with E-state index in [1.165, 1.54) is 12.1 Å². The van der Waals surface area contributed by atoms with E-state index in [1.807, 2.05) is 13.0 Å². The Morgan fingerprint density at radius 3 is 2.76 bits per heavy atom. The Morgan fingerprint density at radius 1 is 1.12 bits per heavy atom. The van der Waals surface area contributed by atoms with Crippen molar-refractivity contribution in [1.29, 1.82) is 0 Å². The molecule has 1 aromatic heterocycles. The van der Waals surface area contributed by atoms with Crippen molar-refractivity contribution in [2.75, 3.05) is 31.1 Å². The van der Waals surface area contributed by atoms with Crippen LogP contribution in [0.3, 0.4) is 0 Å². The van der Waals surface area contributed by atoms with Gasteiger partial charge >= 0.3 is 0 Å². The molecule has 0 spiro atoms. The second-order valence-electron chi connectivity index (χ2n) is 6.27. The molecular weight excluding hydrogens is 317 g/mol. The van der Waals surface area contributed by atoms with Gasteiger partial charge in [0.25, 0.3) is 0 Å². The van der Waals surface area contributed by atoms with Gasteiger partial charge < -0.3 is 15.0 Å². The molecule has 0 radical (unpaired) electrons. The van der Waals surface area contributed by atoms with Crippen LogP contribution < -0.4 is 15.0 Å². The number of piperazine rings is 1. The molecule has 5 heteroatoms. The van der Waals surface area contributed by atoms with Gasteiger partial charge in [0.15, 0.2) is 0 Å². The number of benzene rings is 2. The highest BCUT2D eigenvalue weighted by Gasteiger charge is 2.14. The van der Waals surface area contributed by atoms with Crippen LogP contribution in [0.25, 0.3) is 10.9 Å². The van der Waals surface area contributed by atoms with Gasteiger partial charge in [-0.1, -0.05) is 6.07 Å². The number of hydrogen-bond acceptors (Lipinski definition) is 4. The number of fused-ring (bicyclic) bond motifs is 1. The molecule has 1 fully saturated rings. The number of nitrogens with one attached hydrogen (secondary N) is 1. The van der Waals surface area contributed by atoms with Gasteiger partial charge in [-0.3, -0.25) is 4.98 Å². The molecule has 2 heterocycles. The van der Waals surface area contributed by atoms with E-state index in [0.717, 1.165) is 54.1 Å². The lowest BCUT2D eigenvalue weighted by atomic mass is 10.1. The van der Waals surface area contributed by atoms with E-state index in [9.17, 15) is 4.39 Å². The van der Waals surface area contributed by atoms with E-state index in [2.05, 4.69) is 27.3 Å². The maximum absolute atomic E-state index is 13.5. The molecule has 0 atom stereocenters. The van der Waals surface area contributed by atoms with Crippen LogP contribution >= 0.6 is 0 Å². The first kappa shape index (κ1) is 15.8. The molecule has 25 heavy (non-hydrogen) atoms. The van der Waals surface area contributed by atoms with Crippen LogP contribution in [-0.2, 0) is 0 Å². The summed E-state index contributed by atoms with van der Waals surface area (Å²) >= 11 is 0. The Morgan fingerprint density at radius 2 is 1.96 bits per heavy atom. The van der Waals surface area contributed by atoms with Crippen molar-refractivity contribution in [2.24, 2.45) is 0 Å². The van der Waals surface area contributed by atoms with Crippen LogP contribution in [0.15, 0.2) is 48.7 Å². The number of nitrogens with zero attached hydrogens (tertiary/aromatic N) is 2. The van der Waals surface area contributed by atoms with Crippen LogP contribution in [0.1, 0.15) is 5.56 Å². The number of halogens is 1. The van der Waals surface area contributed by atoms with Gasteiger partial charge in [0.1, 0.15) is 17.3 Å². The highest BCUT2D eigenvalue weighted by Crippen LogP contribution is 2.34. The van der Waals surface area contributed by atoms with Crippen LogP contribution in [0.4, 0.5) is 10.1 Å². The quantitative estimate of drug-likeness (QED) is 0.787. The maximum Gasteiger partial charge on any atom is 0.141 e. The Bertz CT molecular complexity index is 907. The van der Waals surface area contributed by atoms with Gasteiger partial charge in [0.05, 0.1) is 5.52 Å². The smallest absolute Gasteiger partial charge is 0.141 e. The minimum Gasteiger partial charge on any atom is -0.456 e. The Labute approximate surface area is 146 Å². The average Bonchev–Trinajstić information content (AvgIpc) is 2.64. The SMILES string of the molecule is Cc1cnc2ccc(N3CCNCC3)cc2c1Oc1cccc(F)c1. The molecule has 128 valence electrons. The number of hydrogen-bond donors (Lipinski definition) is 1. The van der Waals surface area contributed by atoms with Crippen LogP contribution in [0.5, 0.6) is 11.5 Å². The van der Waals surface area contributed by atoms with E-state index in [-0.39, 0.29) is 5.82 Å². The summed E-state index contributed by atoms with van der Waals surface area (Å²) in [6, 6.07) is 12.4. The largest absolute Gasteiger partial charge is 0.456 e. The summed E-state index contributed by atoms with van der Waals surface area (Å²) in [6.45, 7) is 5.88. The lowest BCUT2D eigenvalue weighted by Crippen LogP contribution is -2.43. The van der Waals surface area contributed by atoms with E-state index < -0.39 is 0 Å². The fourth-order valence-electron chi connectivity index (χ4n) is 3.16. The highest BCUT2D eigenvalue weighted by molar-refractivity contribution is 5.89. The number of pyridine rings is 1. The molecule has 0 bridgehead atoms. The zero-order valence-corrected chi connectivity index (χ0v) is 14.1. The standard InChI is InChI=1S/C20H20FN3O/c1-14-13-23-19-6-5-16(24-9-7-22-8-10-24)12-18(19)20(14)25-17-4-2-3-15(21)11-17/h2-6,11-13,22H,7-10H2,1H3. The number of ether oxygens (including phenoxy) is 1. The fraction of sp³-hybridized carbons (Fsp3) is 0.250. The first-order valence-electron chi connectivity index (χ1n) is 8.49. The highest BCUT2D eigenvalue weighted by atomic mass is 19.1. The predicted molar refractivity (Wildman–Crippen MR) is 98.0 cm³/mol. The molecule has 0 unspecified atom stereocenters. The summed E-state index contributed by atoms with van der Waals surface area (Å²) in [6.07, 6.45) is 1.79. The first-order valence-corrected chi connectivity index (χ1v) is 8.49. The van der Waals surface area contributed by atoms with Gasteiger partial charge in [-0.2, -0.15) is 0 Å². The Hall–Kier alpha value is -2.66. The summed E-state index contributed by atoms with van der Waals surface area (Å²) in [5.74, 6) is 0.908.